The van der Waals surface area contributed by atoms with Gasteiger partial charge in [0.2, 0.25) is 0 Å². The highest BCUT2D eigenvalue weighted by Gasteiger charge is 2.18. The van der Waals surface area contributed by atoms with Crippen LogP contribution < -0.4 is 4.90 Å². The number of nitrogens with zero attached hydrogens (tertiary/aromatic N) is 1. The van der Waals surface area contributed by atoms with Gasteiger partial charge < -0.3 is 4.90 Å². The molecule has 1 nitrogen and oxygen atoms in total. The van der Waals surface area contributed by atoms with Crippen molar-refractivity contribution in [3.8, 4) is 22.3 Å². The van der Waals surface area contributed by atoms with Gasteiger partial charge in [-0.1, -0.05) is 146 Å². The predicted octanol–water partition coefficient (Wildman–Crippen LogP) is 15.5. The summed E-state index contributed by atoms with van der Waals surface area (Å²) in [5.41, 5.74) is 8.17. The molecule has 0 aliphatic carbocycles. The average Bonchev–Trinajstić information content (AvgIpc) is 3.60. The van der Waals surface area contributed by atoms with Crippen LogP contribution >= 0.6 is 11.3 Å². The molecule has 2 heteroatoms. The molecule has 54 heavy (non-hydrogen) atoms. The molecule has 252 valence electrons. The Morgan fingerprint density at radius 3 is 1.87 bits per heavy atom. The Balaban J connectivity index is 1.05. The lowest BCUT2D eigenvalue weighted by Crippen LogP contribution is -2.11. The normalized spacial score (nSPS) is 11.7. The minimum Gasteiger partial charge on any atom is -0.310 e. The van der Waals surface area contributed by atoms with Gasteiger partial charge >= 0.3 is 0 Å². The molecule has 0 bridgehead atoms. The number of rotatable bonds is 5. The molecule has 0 N–H and O–H groups in total. The Bertz CT molecular complexity index is 3210. The van der Waals surface area contributed by atoms with Gasteiger partial charge in [0.05, 0.1) is 5.69 Å². The summed E-state index contributed by atoms with van der Waals surface area (Å²) < 4.78 is 2.66. The summed E-state index contributed by atoms with van der Waals surface area (Å²) in [5.74, 6) is 0. The number of benzene rings is 10. The Labute approximate surface area is 317 Å². The fourth-order valence-electron chi connectivity index (χ4n) is 8.37. The summed E-state index contributed by atoms with van der Waals surface area (Å²) in [5, 5.41) is 12.8. The van der Waals surface area contributed by atoms with Crippen LogP contribution in [0.1, 0.15) is 0 Å². The molecule has 0 amide bonds. The van der Waals surface area contributed by atoms with Crippen molar-refractivity contribution < 1.29 is 0 Å². The van der Waals surface area contributed by atoms with Crippen molar-refractivity contribution in [2.45, 2.75) is 0 Å². The van der Waals surface area contributed by atoms with Gasteiger partial charge in [0.15, 0.2) is 0 Å². The molecule has 0 saturated carbocycles. The number of anilines is 3. The maximum Gasteiger partial charge on any atom is 0.0540 e. The van der Waals surface area contributed by atoms with Crippen LogP contribution in [0.25, 0.3) is 85.5 Å². The highest BCUT2D eigenvalue weighted by molar-refractivity contribution is 7.25. The van der Waals surface area contributed by atoms with Crippen LogP contribution in [0.2, 0.25) is 0 Å². The maximum atomic E-state index is 2.42. The van der Waals surface area contributed by atoms with Gasteiger partial charge in [-0.05, 0) is 114 Å². The van der Waals surface area contributed by atoms with Gasteiger partial charge in [0.25, 0.3) is 0 Å². The third-order valence-electron chi connectivity index (χ3n) is 11.0. The lowest BCUT2D eigenvalue weighted by Gasteiger charge is -2.28. The van der Waals surface area contributed by atoms with E-state index in [2.05, 4.69) is 205 Å². The van der Waals surface area contributed by atoms with Crippen LogP contribution in [-0.2, 0) is 0 Å². The monoisotopic (exact) mass is 703 g/mol. The first-order valence-electron chi connectivity index (χ1n) is 18.5. The highest BCUT2D eigenvalue weighted by atomic mass is 32.1. The first kappa shape index (κ1) is 30.8. The third kappa shape index (κ3) is 5.07. The number of para-hydroxylation sites is 1. The molecule has 0 fully saturated rings. The molecule has 0 aliphatic heterocycles. The van der Waals surface area contributed by atoms with E-state index < -0.39 is 0 Å². The maximum absolute atomic E-state index is 2.42. The fraction of sp³-hybridized carbons (Fsp3) is 0. The lowest BCUT2D eigenvalue weighted by molar-refractivity contribution is 1.29. The van der Waals surface area contributed by atoms with Crippen molar-refractivity contribution in [2.75, 3.05) is 4.90 Å². The largest absolute Gasteiger partial charge is 0.310 e. The zero-order valence-electron chi connectivity index (χ0n) is 29.4. The van der Waals surface area contributed by atoms with Gasteiger partial charge in [-0.15, -0.1) is 11.3 Å². The highest BCUT2D eigenvalue weighted by Crippen LogP contribution is 2.44. The molecule has 11 aromatic rings. The topological polar surface area (TPSA) is 3.24 Å². The van der Waals surface area contributed by atoms with Crippen LogP contribution in [0, 0.1) is 0 Å². The molecular formula is C52H33NS. The van der Waals surface area contributed by atoms with Crippen LogP contribution in [0.3, 0.4) is 0 Å². The van der Waals surface area contributed by atoms with Gasteiger partial charge in [-0.3, -0.25) is 0 Å². The summed E-state index contributed by atoms with van der Waals surface area (Å²) in [7, 11) is 0. The van der Waals surface area contributed by atoms with Crippen LogP contribution in [-0.4, -0.2) is 0 Å². The second kappa shape index (κ2) is 12.4. The average molecular weight is 704 g/mol. The molecule has 11 rings (SSSR count). The van der Waals surface area contributed by atoms with Crippen molar-refractivity contribution >= 4 is 91.7 Å². The van der Waals surface area contributed by atoms with Gasteiger partial charge in [0, 0.05) is 37.1 Å². The summed E-state index contributed by atoms with van der Waals surface area (Å²) >= 11 is 1.87. The zero-order valence-corrected chi connectivity index (χ0v) is 30.2. The molecule has 1 heterocycles. The molecule has 0 saturated heterocycles. The van der Waals surface area contributed by atoms with Gasteiger partial charge in [0.1, 0.15) is 0 Å². The molecule has 0 spiro atoms. The number of hydrogen-bond donors (Lipinski definition) is 0. The van der Waals surface area contributed by atoms with Gasteiger partial charge in [-0.25, -0.2) is 0 Å². The van der Waals surface area contributed by atoms with Crippen LogP contribution in [0.5, 0.6) is 0 Å². The van der Waals surface area contributed by atoms with Crippen molar-refractivity contribution in [3.05, 3.63) is 200 Å². The van der Waals surface area contributed by atoms with Crippen molar-refractivity contribution in [1.29, 1.82) is 0 Å². The minimum atomic E-state index is 1.11. The predicted molar refractivity (Wildman–Crippen MR) is 235 cm³/mol. The SMILES string of the molecule is c1ccc(-c2ccccc2N(c2ccc(-c3ccc4c(ccc5ccc6ccccc6c54)c3)cc2)c2ccc3cc4sc5ccccc5c4cc3c2)cc1. The zero-order chi connectivity index (χ0) is 35.6. The van der Waals surface area contributed by atoms with Crippen LogP contribution in [0.15, 0.2) is 200 Å². The van der Waals surface area contributed by atoms with Crippen molar-refractivity contribution in [1.82, 2.24) is 0 Å². The van der Waals surface area contributed by atoms with E-state index in [0.717, 1.165) is 17.1 Å². The Morgan fingerprint density at radius 2 is 0.981 bits per heavy atom. The molecule has 0 radical (unpaired) electrons. The molecular weight excluding hydrogens is 671 g/mol. The Kier molecular flexibility index (Phi) is 7.11. The summed E-state index contributed by atoms with van der Waals surface area (Å²) in [6, 6.07) is 73.6. The summed E-state index contributed by atoms with van der Waals surface area (Å²) in [4.78, 5) is 2.42. The first-order valence-corrected chi connectivity index (χ1v) is 19.3. The molecule has 0 aliphatic rings. The first-order chi connectivity index (χ1) is 26.7. The van der Waals surface area contributed by atoms with Crippen molar-refractivity contribution in [3.63, 3.8) is 0 Å². The number of hydrogen-bond acceptors (Lipinski definition) is 2. The molecule has 1 aromatic heterocycles. The van der Waals surface area contributed by atoms with E-state index >= 15 is 0 Å². The minimum absolute atomic E-state index is 1.11. The van der Waals surface area contributed by atoms with Crippen molar-refractivity contribution in [2.24, 2.45) is 0 Å². The van der Waals surface area contributed by atoms with E-state index in [1.54, 1.807) is 0 Å². The Hall–Kier alpha value is -6.74. The summed E-state index contributed by atoms with van der Waals surface area (Å²) in [6.07, 6.45) is 0. The van der Waals surface area contributed by atoms with Crippen LogP contribution in [0.4, 0.5) is 17.1 Å². The van der Waals surface area contributed by atoms with E-state index in [0.29, 0.717) is 0 Å². The standard InChI is InChI=1S/C52H33NS/c1-2-10-35(11-3-1)44-13-6-8-16-49(44)53(43-28-24-39-33-51-48(32-41(39)31-43)47-15-7-9-17-50(47)54-51)42-26-22-34(23-27-42)38-25-29-46-40(30-38)21-20-37-19-18-36-12-4-5-14-45(36)52(37)46/h1-33H. The summed E-state index contributed by atoms with van der Waals surface area (Å²) in [6.45, 7) is 0. The van der Waals surface area contributed by atoms with E-state index in [1.807, 2.05) is 11.3 Å². The number of thiophene rings is 1. The lowest BCUT2D eigenvalue weighted by atomic mass is 9.94. The fourth-order valence-corrected chi connectivity index (χ4v) is 9.51. The second-order valence-electron chi connectivity index (χ2n) is 14.1. The molecule has 0 atom stereocenters. The molecule has 0 unspecified atom stereocenters. The smallest absolute Gasteiger partial charge is 0.0540 e. The number of fused-ring (bicyclic) bond motifs is 9. The second-order valence-corrected chi connectivity index (χ2v) is 15.2. The van der Waals surface area contributed by atoms with E-state index in [4.69, 9.17) is 0 Å². The van der Waals surface area contributed by atoms with E-state index in [1.165, 1.54) is 85.5 Å². The van der Waals surface area contributed by atoms with E-state index in [-0.39, 0.29) is 0 Å². The third-order valence-corrected chi connectivity index (χ3v) is 12.1. The molecule has 10 aromatic carbocycles. The van der Waals surface area contributed by atoms with Gasteiger partial charge in [-0.2, -0.15) is 0 Å². The quantitative estimate of drug-likeness (QED) is 0.161. The Morgan fingerprint density at radius 1 is 0.315 bits per heavy atom. The van der Waals surface area contributed by atoms with E-state index in [9.17, 15) is 0 Å².